The molecule has 0 amide bonds. The van der Waals surface area contributed by atoms with Gasteiger partial charge in [-0.3, -0.25) is 4.79 Å². The normalized spacial score (nSPS) is 9.29. The van der Waals surface area contributed by atoms with E-state index in [-0.39, 0.29) is 0 Å². The molecule has 0 bridgehead atoms. The molecule has 0 heterocycles. The number of carbonyl (C=O) groups excluding carboxylic acids is 1. The van der Waals surface area contributed by atoms with Crippen LogP contribution in [0, 0.1) is 11.8 Å². The molecule has 0 radical (unpaired) electrons. The fourth-order valence-corrected chi connectivity index (χ4v) is 1.18. The molecule has 14 heavy (non-hydrogen) atoms. The lowest BCUT2D eigenvalue weighted by atomic mass is 10.1. The maximum absolute atomic E-state index is 11.2. The molecule has 80 valence electrons. The fraction of sp³-hybridized carbons (Fsp3) is 0.769. The van der Waals surface area contributed by atoms with E-state index in [1.165, 1.54) is 19.3 Å². The number of ketones is 1. The molecule has 0 aliphatic carbocycles. The second-order valence-electron chi connectivity index (χ2n) is 3.63. The van der Waals surface area contributed by atoms with Crippen LogP contribution in [0.1, 0.15) is 65.2 Å². The molecule has 0 rings (SSSR count). The number of hydrogen-bond acceptors (Lipinski definition) is 1. The highest BCUT2D eigenvalue weighted by Gasteiger charge is 1.96. The quantitative estimate of drug-likeness (QED) is 0.446. The van der Waals surface area contributed by atoms with Gasteiger partial charge in [0.05, 0.1) is 6.42 Å². The first-order valence-electron chi connectivity index (χ1n) is 5.78. The summed E-state index contributed by atoms with van der Waals surface area (Å²) >= 11 is 0. The Hall–Kier alpha value is -0.770. The molecular weight excluding hydrogens is 172 g/mol. The highest BCUT2D eigenvalue weighted by atomic mass is 16.1. The van der Waals surface area contributed by atoms with Crippen molar-refractivity contribution >= 4 is 5.78 Å². The highest BCUT2D eigenvalue weighted by Crippen LogP contribution is 1.99. The highest BCUT2D eigenvalue weighted by molar-refractivity contribution is 5.80. The summed E-state index contributed by atoms with van der Waals surface area (Å²) in [7, 11) is 0. The third-order valence-electron chi connectivity index (χ3n) is 2.13. The molecule has 0 aromatic carbocycles. The van der Waals surface area contributed by atoms with Crippen LogP contribution in [0.5, 0.6) is 0 Å². The molecule has 0 N–H and O–H groups in total. The average Bonchev–Trinajstić information content (AvgIpc) is 2.20. The van der Waals surface area contributed by atoms with Gasteiger partial charge in [-0.15, -0.1) is 5.92 Å². The van der Waals surface area contributed by atoms with E-state index in [0.29, 0.717) is 18.6 Å². The Bertz CT molecular complexity index is 195. The molecule has 1 nitrogen and oxygen atoms in total. The summed E-state index contributed by atoms with van der Waals surface area (Å²) in [5.74, 6) is 6.31. The van der Waals surface area contributed by atoms with Crippen LogP contribution in [-0.2, 0) is 4.79 Å². The second-order valence-corrected chi connectivity index (χ2v) is 3.63. The molecule has 0 fully saturated rings. The number of unbranched alkanes of at least 4 members (excludes halogenated alkanes) is 4. The molecule has 1 heteroatoms. The lowest BCUT2D eigenvalue weighted by Gasteiger charge is -1.92. The molecule has 0 unspecified atom stereocenters. The topological polar surface area (TPSA) is 17.1 Å². The third-order valence-corrected chi connectivity index (χ3v) is 2.13. The Kier molecular flexibility index (Phi) is 9.74. The van der Waals surface area contributed by atoms with Crippen LogP contribution in [0.4, 0.5) is 0 Å². The largest absolute Gasteiger partial charge is 0.299 e. The van der Waals surface area contributed by atoms with Gasteiger partial charge in [0, 0.05) is 12.8 Å². The van der Waals surface area contributed by atoms with Crippen molar-refractivity contribution in [1.29, 1.82) is 0 Å². The van der Waals surface area contributed by atoms with Crippen LogP contribution in [0.25, 0.3) is 0 Å². The van der Waals surface area contributed by atoms with Crippen LogP contribution in [-0.4, -0.2) is 5.78 Å². The molecule has 0 aliphatic heterocycles. The first-order chi connectivity index (χ1) is 6.81. The van der Waals surface area contributed by atoms with Crippen molar-refractivity contribution < 1.29 is 4.79 Å². The fourth-order valence-electron chi connectivity index (χ4n) is 1.18. The minimum atomic E-state index is 0.301. The van der Waals surface area contributed by atoms with E-state index >= 15 is 0 Å². The van der Waals surface area contributed by atoms with Crippen molar-refractivity contribution in [1.82, 2.24) is 0 Å². The van der Waals surface area contributed by atoms with E-state index in [1.54, 1.807) is 0 Å². The maximum atomic E-state index is 11.2. The summed E-state index contributed by atoms with van der Waals surface area (Å²) in [5.41, 5.74) is 0. The molecule has 0 saturated heterocycles. The van der Waals surface area contributed by atoms with E-state index < -0.39 is 0 Å². The zero-order chi connectivity index (χ0) is 10.6. The van der Waals surface area contributed by atoms with Crippen molar-refractivity contribution in [3.63, 3.8) is 0 Å². The van der Waals surface area contributed by atoms with Crippen molar-refractivity contribution in [3.8, 4) is 11.8 Å². The summed E-state index contributed by atoms with van der Waals surface area (Å²) in [6.07, 6.45) is 7.88. The van der Waals surface area contributed by atoms with Crippen LogP contribution < -0.4 is 0 Å². The molecule has 0 aliphatic rings. The van der Waals surface area contributed by atoms with Gasteiger partial charge in [-0.2, -0.15) is 0 Å². The Labute approximate surface area is 88.3 Å². The van der Waals surface area contributed by atoms with E-state index in [9.17, 15) is 4.79 Å². The van der Waals surface area contributed by atoms with Gasteiger partial charge >= 0.3 is 0 Å². The predicted octanol–water partition coefficient (Wildman–Crippen LogP) is 3.72. The number of rotatable bonds is 7. The molecule has 0 spiro atoms. The van der Waals surface area contributed by atoms with Gasteiger partial charge in [-0.1, -0.05) is 39.0 Å². The minimum absolute atomic E-state index is 0.301. The van der Waals surface area contributed by atoms with Gasteiger partial charge in [0.1, 0.15) is 5.78 Å². The van der Waals surface area contributed by atoms with Crippen LogP contribution >= 0.6 is 0 Å². The zero-order valence-electron chi connectivity index (χ0n) is 9.57. The van der Waals surface area contributed by atoms with Crippen molar-refractivity contribution in [3.05, 3.63) is 0 Å². The molecular formula is C13H22O. The second kappa shape index (κ2) is 10.3. The lowest BCUT2D eigenvalue weighted by molar-refractivity contribution is -0.118. The van der Waals surface area contributed by atoms with Gasteiger partial charge in [0.25, 0.3) is 0 Å². The summed E-state index contributed by atoms with van der Waals surface area (Å²) in [6, 6.07) is 0. The number of hydrogen-bond donors (Lipinski definition) is 0. The first-order valence-corrected chi connectivity index (χ1v) is 5.78. The molecule has 0 aromatic rings. The van der Waals surface area contributed by atoms with E-state index in [2.05, 4.69) is 25.7 Å². The third kappa shape index (κ3) is 9.32. The number of Topliss-reactive ketones (excluding diaryl/α,β-unsaturated/α-hetero) is 1. The van der Waals surface area contributed by atoms with Crippen molar-refractivity contribution in [2.75, 3.05) is 0 Å². The summed E-state index contributed by atoms with van der Waals surface area (Å²) in [5, 5.41) is 0. The SMILES string of the molecule is CCCCCC#CCC(=O)CCCC. The first kappa shape index (κ1) is 13.2. The monoisotopic (exact) mass is 194 g/mol. The van der Waals surface area contributed by atoms with Crippen molar-refractivity contribution in [2.45, 2.75) is 65.2 Å². The minimum Gasteiger partial charge on any atom is -0.299 e. The van der Waals surface area contributed by atoms with Gasteiger partial charge in [-0.25, -0.2) is 0 Å². The van der Waals surface area contributed by atoms with Crippen LogP contribution in [0.2, 0.25) is 0 Å². The predicted molar refractivity (Wildman–Crippen MR) is 61.1 cm³/mol. The van der Waals surface area contributed by atoms with Gasteiger partial charge in [-0.05, 0) is 12.8 Å². The Morgan fingerprint density at radius 3 is 2.36 bits per heavy atom. The Morgan fingerprint density at radius 2 is 1.71 bits per heavy atom. The standard InChI is InChI=1S/C13H22O/c1-3-5-7-8-9-10-12-13(14)11-6-4-2/h3-8,11-12H2,1-2H3. The van der Waals surface area contributed by atoms with Gasteiger partial charge in [0.15, 0.2) is 0 Å². The zero-order valence-corrected chi connectivity index (χ0v) is 9.57. The molecule has 0 aromatic heterocycles. The van der Waals surface area contributed by atoms with E-state index in [4.69, 9.17) is 0 Å². The lowest BCUT2D eigenvalue weighted by Crippen LogP contribution is -1.94. The van der Waals surface area contributed by atoms with E-state index in [0.717, 1.165) is 19.3 Å². The molecule has 0 atom stereocenters. The van der Waals surface area contributed by atoms with E-state index in [1.807, 2.05) is 0 Å². The van der Waals surface area contributed by atoms with Gasteiger partial charge in [0.2, 0.25) is 0 Å². The Balaban J connectivity index is 3.35. The maximum Gasteiger partial charge on any atom is 0.144 e. The van der Waals surface area contributed by atoms with Gasteiger partial charge < -0.3 is 0 Å². The average molecular weight is 194 g/mol. The van der Waals surface area contributed by atoms with Crippen molar-refractivity contribution in [2.24, 2.45) is 0 Å². The van der Waals surface area contributed by atoms with Crippen LogP contribution in [0.15, 0.2) is 0 Å². The summed E-state index contributed by atoms with van der Waals surface area (Å²) in [4.78, 5) is 11.2. The molecule has 0 saturated carbocycles. The Morgan fingerprint density at radius 1 is 1.00 bits per heavy atom. The van der Waals surface area contributed by atoms with Crippen LogP contribution in [0.3, 0.4) is 0 Å². The number of carbonyl (C=O) groups is 1. The summed E-state index contributed by atoms with van der Waals surface area (Å²) in [6.45, 7) is 4.28. The summed E-state index contributed by atoms with van der Waals surface area (Å²) < 4.78 is 0. The smallest absolute Gasteiger partial charge is 0.144 e.